The summed E-state index contributed by atoms with van der Waals surface area (Å²) in [5, 5.41) is 15.2. The van der Waals surface area contributed by atoms with Crippen LogP contribution in [0.4, 0.5) is 11.4 Å². The molecule has 1 aromatic heterocycles. The Labute approximate surface area is 178 Å². The van der Waals surface area contributed by atoms with Crippen LogP contribution >= 0.6 is 11.3 Å². The lowest BCUT2D eigenvalue weighted by atomic mass is 10.0. The third-order valence-corrected chi connectivity index (χ3v) is 5.28. The Bertz CT molecular complexity index is 966. The fourth-order valence-corrected chi connectivity index (χ4v) is 3.62. The molecule has 0 fully saturated rings. The average molecular weight is 402 g/mol. The van der Waals surface area contributed by atoms with Gasteiger partial charge in [0, 0.05) is 13.0 Å². The average Bonchev–Trinajstić information content (AvgIpc) is 3.30. The minimum atomic E-state index is 0.749. The molecule has 0 saturated heterocycles. The second-order valence-corrected chi connectivity index (χ2v) is 7.52. The molecule has 3 aromatic rings. The summed E-state index contributed by atoms with van der Waals surface area (Å²) in [6.07, 6.45) is 4.49. The van der Waals surface area contributed by atoms with Crippen LogP contribution in [0.1, 0.15) is 45.1 Å². The van der Waals surface area contributed by atoms with Gasteiger partial charge in [0.15, 0.2) is 0 Å². The van der Waals surface area contributed by atoms with E-state index in [4.69, 9.17) is 0 Å². The van der Waals surface area contributed by atoms with Crippen molar-refractivity contribution < 1.29 is 0 Å². The zero-order valence-corrected chi connectivity index (χ0v) is 18.0. The zero-order chi connectivity index (χ0) is 20.3. The third kappa shape index (κ3) is 6.04. The molecule has 4 heteroatoms. The summed E-state index contributed by atoms with van der Waals surface area (Å²) >= 11 is 1.70. The van der Waals surface area contributed by atoms with Gasteiger partial charge >= 0.3 is 0 Å². The minimum absolute atomic E-state index is 0.749. The Balaban J connectivity index is 1.87. The molecule has 3 nitrogen and oxygen atoms in total. The highest BCUT2D eigenvalue weighted by molar-refractivity contribution is 7.08. The highest BCUT2D eigenvalue weighted by Gasteiger charge is 2.06. The summed E-state index contributed by atoms with van der Waals surface area (Å²) < 4.78 is 0. The van der Waals surface area contributed by atoms with E-state index in [-0.39, 0.29) is 0 Å². The number of rotatable bonds is 8. The maximum absolute atomic E-state index is 4.54. The standard InChI is InChI=1S/C25H27N3S/c1-3-5-6-7-9-12-22-19-21(23-17-18-29-20-23)15-16-25(22)26-27-28(4-2)24-13-10-8-11-14-24/h8,10-11,13-20H,3-7H2,1-2H3. The van der Waals surface area contributed by atoms with E-state index in [1.807, 2.05) is 41.4 Å². The number of hydrogen-bond acceptors (Lipinski definition) is 3. The molecule has 2 aromatic carbocycles. The Hall–Kier alpha value is -2.90. The second-order valence-electron chi connectivity index (χ2n) is 6.74. The molecule has 0 radical (unpaired) electrons. The van der Waals surface area contributed by atoms with Gasteiger partial charge in [0.1, 0.15) is 5.69 Å². The van der Waals surface area contributed by atoms with Crippen molar-refractivity contribution in [3.8, 4) is 23.0 Å². The lowest BCUT2D eigenvalue weighted by molar-refractivity contribution is 0.737. The number of unbranched alkanes of at least 4 members (excludes halogenated alkanes) is 3. The van der Waals surface area contributed by atoms with E-state index in [9.17, 15) is 0 Å². The van der Waals surface area contributed by atoms with Gasteiger partial charge in [-0.05, 0) is 65.6 Å². The first-order valence-electron chi connectivity index (χ1n) is 10.2. The van der Waals surface area contributed by atoms with Crippen molar-refractivity contribution in [3.05, 3.63) is 70.9 Å². The zero-order valence-electron chi connectivity index (χ0n) is 17.1. The minimum Gasteiger partial charge on any atom is -0.247 e. The molecule has 0 amide bonds. The van der Waals surface area contributed by atoms with Gasteiger partial charge in [0.25, 0.3) is 0 Å². The van der Waals surface area contributed by atoms with E-state index < -0.39 is 0 Å². The number of anilines is 1. The van der Waals surface area contributed by atoms with Gasteiger partial charge in [-0.25, -0.2) is 5.01 Å². The molecule has 0 aliphatic rings. The van der Waals surface area contributed by atoms with Crippen molar-refractivity contribution in [3.63, 3.8) is 0 Å². The summed E-state index contributed by atoms with van der Waals surface area (Å²) in [6, 6.07) is 18.5. The number of hydrogen-bond donors (Lipinski definition) is 0. The monoisotopic (exact) mass is 401 g/mol. The Morgan fingerprint density at radius 3 is 2.55 bits per heavy atom. The van der Waals surface area contributed by atoms with Crippen LogP contribution < -0.4 is 5.01 Å². The lowest BCUT2D eigenvalue weighted by Crippen LogP contribution is -2.13. The van der Waals surface area contributed by atoms with Crippen molar-refractivity contribution in [1.82, 2.24) is 0 Å². The third-order valence-electron chi connectivity index (χ3n) is 4.59. The summed E-state index contributed by atoms with van der Waals surface area (Å²) in [7, 11) is 0. The fourth-order valence-electron chi connectivity index (χ4n) is 2.95. The van der Waals surface area contributed by atoms with Crippen LogP contribution in [0.5, 0.6) is 0 Å². The van der Waals surface area contributed by atoms with Crippen LogP contribution in [0.15, 0.2) is 75.7 Å². The molecule has 0 spiro atoms. The summed E-state index contributed by atoms with van der Waals surface area (Å²) in [6.45, 7) is 5.03. The predicted molar refractivity (Wildman–Crippen MR) is 125 cm³/mol. The van der Waals surface area contributed by atoms with Crippen LogP contribution in [0.2, 0.25) is 0 Å². The first-order chi connectivity index (χ1) is 14.3. The lowest BCUT2D eigenvalue weighted by Gasteiger charge is -2.15. The topological polar surface area (TPSA) is 28.0 Å². The first-order valence-corrected chi connectivity index (χ1v) is 11.2. The van der Waals surface area contributed by atoms with Gasteiger partial charge in [-0.15, -0.1) is 5.11 Å². The van der Waals surface area contributed by atoms with Gasteiger partial charge in [-0.3, -0.25) is 0 Å². The van der Waals surface area contributed by atoms with E-state index >= 15 is 0 Å². The predicted octanol–water partition coefficient (Wildman–Crippen LogP) is 7.87. The molecule has 0 saturated carbocycles. The summed E-state index contributed by atoms with van der Waals surface area (Å²) in [5.41, 5.74) is 5.14. The van der Waals surface area contributed by atoms with Crippen molar-refractivity contribution in [2.24, 2.45) is 10.3 Å². The molecular formula is C25H27N3S. The molecule has 29 heavy (non-hydrogen) atoms. The Kier molecular flexibility index (Phi) is 8.03. The van der Waals surface area contributed by atoms with Crippen LogP contribution in [-0.4, -0.2) is 6.54 Å². The van der Waals surface area contributed by atoms with Crippen LogP contribution in [0.25, 0.3) is 11.1 Å². The van der Waals surface area contributed by atoms with E-state index in [0.717, 1.165) is 36.3 Å². The molecule has 3 rings (SSSR count). The maximum atomic E-state index is 4.54. The highest BCUT2D eigenvalue weighted by atomic mass is 32.1. The molecule has 0 bridgehead atoms. The molecule has 0 aliphatic heterocycles. The van der Waals surface area contributed by atoms with E-state index in [1.54, 1.807) is 11.3 Å². The van der Waals surface area contributed by atoms with Crippen LogP contribution in [0.3, 0.4) is 0 Å². The van der Waals surface area contributed by atoms with E-state index in [0.29, 0.717) is 0 Å². The molecule has 0 unspecified atom stereocenters. The quantitative estimate of drug-likeness (QED) is 0.163. The number of para-hydroxylation sites is 1. The molecule has 0 N–H and O–H groups in total. The van der Waals surface area contributed by atoms with Crippen molar-refractivity contribution >= 4 is 22.7 Å². The SMILES string of the molecule is CCCCCC#Cc1cc(-c2ccsc2)ccc1N=NN(CC)c1ccccc1. The van der Waals surface area contributed by atoms with Gasteiger partial charge in [-0.2, -0.15) is 11.3 Å². The van der Waals surface area contributed by atoms with Crippen LogP contribution in [0, 0.1) is 11.8 Å². The van der Waals surface area contributed by atoms with Crippen molar-refractivity contribution in [1.29, 1.82) is 0 Å². The fraction of sp³-hybridized carbons (Fsp3) is 0.280. The van der Waals surface area contributed by atoms with Gasteiger partial charge in [-0.1, -0.05) is 61.1 Å². The normalized spacial score (nSPS) is 10.7. The number of thiophene rings is 1. The Morgan fingerprint density at radius 1 is 0.966 bits per heavy atom. The van der Waals surface area contributed by atoms with Crippen LogP contribution in [-0.2, 0) is 0 Å². The van der Waals surface area contributed by atoms with E-state index in [1.165, 1.54) is 24.0 Å². The van der Waals surface area contributed by atoms with E-state index in [2.05, 4.69) is 65.0 Å². The molecule has 0 aliphatic carbocycles. The molecular weight excluding hydrogens is 374 g/mol. The van der Waals surface area contributed by atoms with Gasteiger partial charge in [0.05, 0.1) is 11.3 Å². The molecule has 148 valence electrons. The van der Waals surface area contributed by atoms with Crippen molar-refractivity contribution in [2.45, 2.75) is 39.5 Å². The molecule has 0 atom stereocenters. The van der Waals surface area contributed by atoms with Gasteiger partial charge in [0.2, 0.25) is 0 Å². The largest absolute Gasteiger partial charge is 0.247 e. The van der Waals surface area contributed by atoms with Crippen molar-refractivity contribution in [2.75, 3.05) is 11.6 Å². The van der Waals surface area contributed by atoms with Gasteiger partial charge < -0.3 is 0 Å². The maximum Gasteiger partial charge on any atom is 0.103 e. The summed E-state index contributed by atoms with van der Waals surface area (Å²) in [4.78, 5) is 0. The summed E-state index contributed by atoms with van der Waals surface area (Å²) in [5.74, 6) is 6.66. The Morgan fingerprint density at radius 2 is 1.83 bits per heavy atom. The smallest absolute Gasteiger partial charge is 0.103 e. The highest BCUT2D eigenvalue weighted by Crippen LogP contribution is 2.29. The molecule has 1 heterocycles. The first kappa shape index (κ1) is 20.8. The second kappa shape index (κ2) is 11.2. The number of nitrogens with zero attached hydrogens (tertiary/aromatic N) is 3. The number of benzene rings is 2.